The third kappa shape index (κ3) is 5.52. The first kappa shape index (κ1) is 15.2. The molecule has 0 unspecified atom stereocenters. The third-order valence-corrected chi connectivity index (χ3v) is 2.69. The van der Waals surface area contributed by atoms with E-state index in [0.717, 1.165) is 17.5 Å². The maximum Gasteiger partial charge on any atom is 0.239 e. The highest BCUT2D eigenvalue weighted by molar-refractivity contribution is 5.84. The van der Waals surface area contributed by atoms with Crippen LogP contribution in [0.15, 0.2) is 24.3 Å². The third-order valence-electron chi connectivity index (χ3n) is 2.69. The van der Waals surface area contributed by atoms with Gasteiger partial charge in [0.1, 0.15) is 0 Å². The van der Waals surface area contributed by atoms with Gasteiger partial charge in [-0.25, -0.2) is 0 Å². The first-order valence-electron chi connectivity index (χ1n) is 6.38. The first-order valence-corrected chi connectivity index (χ1v) is 6.38. The average Bonchev–Trinajstić information content (AvgIpc) is 2.43. The van der Waals surface area contributed by atoms with Crippen molar-refractivity contribution in [2.45, 2.75) is 32.9 Å². The highest BCUT2D eigenvalue weighted by Crippen LogP contribution is 2.07. The summed E-state index contributed by atoms with van der Waals surface area (Å²) in [5, 5.41) is 14.4. The number of aliphatic hydroxyl groups excluding tert-OH is 1. The van der Waals surface area contributed by atoms with E-state index in [0.29, 0.717) is 13.0 Å². The van der Waals surface area contributed by atoms with Crippen LogP contribution in [0.2, 0.25) is 0 Å². The predicted molar refractivity (Wildman–Crippen MR) is 72.1 cm³/mol. The molecule has 0 aliphatic carbocycles. The van der Waals surface area contributed by atoms with Crippen LogP contribution in [0, 0.1) is 0 Å². The largest absolute Gasteiger partial charge is 0.392 e. The molecule has 1 aromatic carbocycles. The van der Waals surface area contributed by atoms with Gasteiger partial charge in [0, 0.05) is 13.0 Å². The van der Waals surface area contributed by atoms with E-state index in [1.165, 1.54) is 0 Å². The molecule has 0 aliphatic rings. The van der Waals surface area contributed by atoms with E-state index in [4.69, 9.17) is 5.11 Å². The molecule has 1 rings (SSSR count). The molecule has 2 amide bonds. The number of hydrogen-bond donors (Lipinski definition) is 3. The lowest BCUT2D eigenvalue weighted by Crippen LogP contribution is -2.36. The van der Waals surface area contributed by atoms with Gasteiger partial charge in [0.15, 0.2) is 0 Å². The lowest BCUT2D eigenvalue weighted by Gasteiger charge is -2.09. The fourth-order valence-corrected chi connectivity index (χ4v) is 1.63. The Balaban J connectivity index is 2.35. The van der Waals surface area contributed by atoms with E-state index in [2.05, 4.69) is 10.6 Å². The van der Waals surface area contributed by atoms with Crippen LogP contribution in [-0.4, -0.2) is 23.5 Å². The van der Waals surface area contributed by atoms with Gasteiger partial charge in [-0.05, 0) is 17.5 Å². The maximum atomic E-state index is 11.5. The monoisotopic (exact) mass is 264 g/mol. The molecular weight excluding hydrogens is 244 g/mol. The summed E-state index contributed by atoms with van der Waals surface area (Å²) in [7, 11) is 0. The summed E-state index contributed by atoms with van der Waals surface area (Å²) in [5.41, 5.74) is 1.66. The van der Waals surface area contributed by atoms with Crippen molar-refractivity contribution in [1.29, 1.82) is 0 Å². The Hall–Kier alpha value is -1.88. The van der Waals surface area contributed by atoms with Crippen molar-refractivity contribution in [3.8, 4) is 0 Å². The number of aliphatic hydroxyl groups is 1. The normalized spacial score (nSPS) is 10.0. The Morgan fingerprint density at radius 3 is 2.42 bits per heavy atom. The van der Waals surface area contributed by atoms with E-state index in [9.17, 15) is 9.59 Å². The zero-order valence-corrected chi connectivity index (χ0v) is 11.1. The Bertz CT molecular complexity index is 432. The van der Waals surface area contributed by atoms with E-state index < -0.39 is 0 Å². The summed E-state index contributed by atoms with van der Waals surface area (Å²) >= 11 is 0. The Kier molecular flexibility index (Phi) is 6.60. The second-order valence-electron chi connectivity index (χ2n) is 4.23. The van der Waals surface area contributed by atoms with Gasteiger partial charge in [-0.15, -0.1) is 0 Å². The number of nitrogens with one attached hydrogen (secondary N) is 2. The Morgan fingerprint density at radius 2 is 1.79 bits per heavy atom. The van der Waals surface area contributed by atoms with Crippen molar-refractivity contribution >= 4 is 11.8 Å². The molecule has 0 atom stereocenters. The van der Waals surface area contributed by atoms with Gasteiger partial charge < -0.3 is 15.7 Å². The highest BCUT2D eigenvalue weighted by Gasteiger charge is 2.06. The van der Waals surface area contributed by atoms with Crippen LogP contribution in [0.25, 0.3) is 0 Å². The lowest BCUT2D eigenvalue weighted by atomic mass is 10.1. The molecule has 0 spiro atoms. The van der Waals surface area contributed by atoms with Gasteiger partial charge in [-0.2, -0.15) is 0 Å². The van der Waals surface area contributed by atoms with Crippen molar-refractivity contribution in [3.63, 3.8) is 0 Å². The van der Waals surface area contributed by atoms with Gasteiger partial charge >= 0.3 is 0 Å². The van der Waals surface area contributed by atoms with Crippen LogP contribution < -0.4 is 10.6 Å². The number of hydrogen-bond acceptors (Lipinski definition) is 3. The molecule has 0 aromatic heterocycles. The number of carbonyl (C=O) groups is 2. The van der Waals surface area contributed by atoms with Crippen LogP contribution in [0.1, 0.15) is 30.9 Å². The summed E-state index contributed by atoms with van der Waals surface area (Å²) in [5.74, 6) is -0.356. The quantitative estimate of drug-likeness (QED) is 0.678. The summed E-state index contributed by atoms with van der Waals surface area (Å²) in [6.07, 6.45) is 1.19. The van der Waals surface area contributed by atoms with Gasteiger partial charge in [-0.3, -0.25) is 9.59 Å². The van der Waals surface area contributed by atoms with Gasteiger partial charge in [0.05, 0.1) is 13.2 Å². The minimum atomic E-state index is -0.239. The van der Waals surface area contributed by atoms with Crippen molar-refractivity contribution < 1.29 is 14.7 Å². The fraction of sp³-hybridized carbons (Fsp3) is 0.429. The molecule has 5 heteroatoms. The van der Waals surface area contributed by atoms with Crippen LogP contribution >= 0.6 is 0 Å². The van der Waals surface area contributed by atoms with E-state index in [-0.39, 0.29) is 25.0 Å². The summed E-state index contributed by atoms with van der Waals surface area (Å²) < 4.78 is 0. The van der Waals surface area contributed by atoms with Crippen LogP contribution in [0.4, 0.5) is 0 Å². The molecule has 5 nitrogen and oxygen atoms in total. The van der Waals surface area contributed by atoms with Crippen molar-refractivity contribution in [3.05, 3.63) is 35.4 Å². The molecule has 0 fully saturated rings. The zero-order chi connectivity index (χ0) is 14.1. The van der Waals surface area contributed by atoms with Crippen LogP contribution in [0.5, 0.6) is 0 Å². The van der Waals surface area contributed by atoms with Gasteiger partial charge in [-0.1, -0.05) is 31.2 Å². The summed E-state index contributed by atoms with van der Waals surface area (Å²) in [4.78, 5) is 22.7. The topological polar surface area (TPSA) is 78.4 Å². The molecule has 0 aliphatic heterocycles. The number of amides is 2. The molecule has 0 radical (unpaired) electrons. The molecular formula is C14H20N2O3. The lowest BCUT2D eigenvalue weighted by molar-refractivity contribution is -0.126. The average molecular weight is 264 g/mol. The van der Waals surface area contributed by atoms with E-state index in [1.54, 1.807) is 0 Å². The standard InChI is InChI=1S/C14H20N2O3/c1-2-5-13(18)16-9-14(19)15-8-11-6-3-4-7-12(11)10-17/h3-4,6-7,17H,2,5,8-10H2,1H3,(H,15,19)(H,16,18). The smallest absolute Gasteiger partial charge is 0.239 e. The van der Waals surface area contributed by atoms with E-state index in [1.807, 2.05) is 31.2 Å². The van der Waals surface area contributed by atoms with Crippen LogP contribution in [0.3, 0.4) is 0 Å². The molecule has 1 aromatic rings. The highest BCUT2D eigenvalue weighted by atomic mass is 16.3. The van der Waals surface area contributed by atoms with Crippen molar-refractivity contribution in [2.24, 2.45) is 0 Å². The Labute approximate surface area is 113 Å². The summed E-state index contributed by atoms with van der Waals surface area (Å²) in [6.45, 7) is 2.18. The number of benzene rings is 1. The predicted octanol–water partition coefficient (Wildman–Crippen LogP) is 0.711. The maximum absolute atomic E-state index is 11.5. The fourth-order valence-electron chi connectivity index (χ4n) is 1.63. The molecule has 0 saturated heterocycles. The second kappa shape index (κ2) is 8.26. The molecule has 0 saturated carbocycles. The number of carbonyl (C=O) groups excluding carboxylic acids is 2. The molecule has 3 N–H and O–H groups in total. The van der Waals surface area contributed by atoms with Crippen LogP contribution in [-0.2, 0) is 22.7 Å². The minimum absolute atomic E-state index is 0.0138. The SMILES string of the molecule is CCCC(=O)NCC(=O)NCc1ccccc1CO. The summed E-state index contributed by atoms with van der Waals surface area (Å²) in [6, 6.07) is 7.34. The molecule has 19 heavy (non-hydrogen) atoms. The number of rotatable bonds is 7. The van der Waals surface area contributed by atoms with Crippen molar-refractivity contribution in [1.82, 2.24) is 10.6 Å². The first-order chi connectivity index (χ1) is 9.17. The van der Waals surface area contributed by atoms with Gasteiger partial charge in [0.25, 0.3) is 0 Å². The van der Waals surface area contributed by atoms with Crippen molar-refractivity contribution in [2.75, 3.05) is 6.54 Å². The minimum Gasteiger partial charge on any atom is -0.392 e. The van der Waals surface area contributed by atoms with Gasteiger partial charge in [0.2, 0.25) is 11.8 Å². The zero-order valence-electron chi connectivity index (χ0n) is 11.1. The van der Waals surface area contributed by atoms with E-state index >= 15 is 0 Å². The molecule has 0 heterocycles. The second-order valence-corrected chi connectivity index (χ2v) is 4.23. The molecule has 0 bridgehead atoms. The Morgan fingerprint density at radius 1 is 1.11 bits per heavy atom. The molecule has 104 valence electrons.